The van der Waals surface area contributed by atoms with Crippen molar-refractivity contribution in [2.24, 2.45) is 4.99 Å². The first-order chi connectivity index (χ1) is 11.3. The number of hydrogen-bond acceptors (Lipinski definition) is 5. The van der Waals surface area contributed by atoms with Crippen molar-refractivity contribution in [1.29, 1.82) is 0 Å². The number of aromatic amines is 1. The molecule has 124 valence electrons. The third kappa shape index (κ3) is 3.87. The van der Waals surface area contributed by atoms with Gasteiger partial charge in [0.25, 0.3) is 0 Å². The molecule has 0 bridgehead atoms. The minimum atomic E-state index is 0.470. The van der Waals surface area contributed by atoms with Crippen LogP contribution < -0.4 is 5.32 Å². The standard InChI is InChI=1S/C15H23N7S/c1-3-13-20-12(9-23-13)8-17-15(16-2)22-6-4-11(5-7-22)14-18-10-19-21-14/h9-11H,3-8H2,1-2H3,(H,16,17)(H,18,19,21). The first kappa shape index (κ1) is 15.9. The van der Waals surface area contributed by atoms with E-state index in [1.54, 1.807) is 17.7 Å². The second-order valence-corrected chi connectivity index (χ2v) is 6.56. The van der Waals surface area contributed by atoms with Crippen molar-refractivity contribution >= 4 is 17.3 Å². The molecule has 7 nitrogen and oxygen atoms in total. The van der Waals surface area contributed by atoms with Crippen LogP contribution in [0.15, 0.2) is 16.7 Å². The molecular formula is C15H23N7S. The Kier molecular flexibility index (Phi) is 5.22. The predicted molar refractivity (Wildman–Crippen MR) is 91.6 cm³/mol. The quantitative estimate of drug-likeness (QED) is 0.658. The highest BCUT2D eigenvalue weighted by atomic mass is 32.1. The molecule has 2 N–H and O–H groups in total. The molecule has 0 aromatic carbocycles. The van der Waals surface area contributed by atoms with Crippen LogP contribution in [0.2, 0.25) is 0 Å². The molecule has 0 atom stereocenters. The summed E-state index contributed by atoms with van der Waals surface area (Å²) in [5.41, 5.74) is 1.09. The fraction of sp³-hybridized carbons (Fsp3) is 0.600. The number of nitrogens with zero attached hydrogens (tertiary/aromatic N) is 5. The zero-order valence-corrected chi connectivity index (χ0v) is 14.4. The topological polar surface area (TPSA) is 82.1 Å². The number of nitrogens with one attached hydrogen (secondary N) is 2. The van der Waals surface area contributed by atoms with Crippen LogP contribution >= 0.6 is 11.3 Å². The molecule has 0 unspecified atom stereocenters. The third-order valence-electron chi connectivity index (χ3n) is 4.16. The summed E-state index contributed by atoms with van der Waals surface area (Å²) < 4.78 is 0. The Morgan fingerprint density at radius 3 is 2.91 bits per heavy atom. The minimum absolute atomic E-state index is 0.470. The van der Waals surface area contributed by atoms with Gasteiger partial charge in [-0.1, -0.05) is 6.92 Å². The van der Waals surface area contributed by atoms with Gasteiger partial charge in [0.15, 0.2) is 5.96 Å². The largest absolute Gasteiger partial charge is 0.351 e. The molecule has 3 rings (SSSR count). The maximum Gasteiger partial charge on any atom is 0.193 e. The molecule has 0 aliphatic carbocycles. The predicted octanol–water partition coefficient (Wildman–Crippen LogP) is 1.78. The number of hydrogen-bond donors (Lipinski definition) is 2. The number of H-pyrrole nitrogens is 1. The number of likely N-dealkylation sites (tertiary alicyclic amines) is 1. The lowest BCUT2D eigenvalue weighted by atomic mass is 9.96. The molecule has 3 heterocycles. The van der Waals surface area contributed by atoms with Crippen LogP contribution in [0.4, 0.5) is 0 Å². The van der Waals surface area contributed by atoms with Gasteiger partial charge in [-0.2, -0.15) is 5.10 Å². The zero-order valence-electron chi connectivity index (χ0n) is 13.6. The van der Waals surface area contributed by atoms with Crippen molar-refractivity contribution in [2.75, 3.05) is 20.1 Å². The second-order valence-electron chi connectivity index (χ2n) is 5.62. The van der Waals surface area contributed by atoms with Crippen LogP contribution in [-0.2, 0) is 13.0 Å². The number of rotatable bonds is 4. The number of aryl methyl sites for hydroxylation is 1. The normalized spacial score (nSPS) is 16.8. The number of piperidine rings is 1. The molecule has 2 aromatic rings. The summed E-state index contributed by atoms with van der Waals surface area (Å²) in [6, 6.07) is 0. The number of guanidine groups is 1. The number of aromatic nitrogens is 4. The fourth-order valence-electron chi connectivity index (χ4n) is 2.87. The Morgan fingerprint density at radius 2 is 2.30 bits per heavy atom. The Morgan fingerprint density at radius 1 is 1.48 bits per heavy atom. The minimum Gasteiger partial charge on any atom is -0.351 e. The molecule has 0 spiro atoms. The van der Waals surface area contributed by atoms with E-state index in [9.17, 15) is 0 Å². The van der Waals surface area contributed by atoms with Crippen LogP contribution in [0.1, 0.15) is 42.2 Å². The lowest BCUT2D eigenvalue weighted by molar-refractivity contribution is 0.298. The van der Waals surface area contributed by atoms with Crippen molar-refractivity contribution in [3.05, 3.63) is 28.2 Å². The lowest BCUT2D eigenvalue weighted by Gasteiger charge is -2.33. The summed E-state index contributed by atoms with van der Waals surface area (Å²) in [7, 11) is 1.84. The number of thiazole rings is 1. The molecule has 1 fully saturated rings. The molecule has 2 aromatic heterocycles. The van der Waals surface area contributed by atoms with Crippen LogP contribution in [0.3, 0.4) is 0 Å². The highest BCUT2D eigenvalue weighted by Crippen LogP contribution is 2.24. The summed E-state index contributed by atoms with van der Waals surface area (Å²) in [6.07, 6.45) is 4.70. The van der Waals surface area contributed by atoms with Crippen LogP contribution in [-0.4, -0.2) is 51.2 Å². The maximum absolute atomic E-state index is 4.59. The fourth-order valence-corrected chi connectivity index (χ4v) is 3.62. The van der Waals surface area contributed by atoms with Gasteiger partial charge in [0, 0.05) is 31.4 Å². The van der Waals surface area contributed by atoms with Gasteiger partial charge in [0.05, 0.1) is 17.2 Å². The van der Waals surface area contributed by atoms with Crippen molar-refractivity contribution in [3.63, 3.8) is 0 Å². The molecule has 1 saturated heterocycles. The van der Waals surface area contributed by atoms with Gasteiger partial charge in [-0.25, -0.2) is 9.97 Å². The monoisotopic (exact) mass is 333 g/mol. The molecule has 8 heteroatoms. The van der Waals surface area contributed by atoms with E-state index in [2.05, 4.69) is 47.7 Å². The Labute approximate surface area is 140 Å². The van der Waals surface area contributed by atoms with Gasteiger partial charge in [0.1, 0.15) is 12.2 Å². The van der Waals surface area contributed by atoms with E-state index in [0.717, 1.165) is 56.4 Å². The highest BCUT2D eigenvalue weighted by molar-refractivity contribution is 7.09. The molecule has 0 saturated carbocycles. The SMILES string of the molecule is CCc1nc(CNC(=NC)N2CCC(c3ncn[nH]3)CC2)cs1. The average Bonchev–Trinajstić information content (AvgIpc) is 3.28. The molecule has 23 heavy (non-hydrogen) atoms. The van der Waals surface area contributed by atoms with Crippen molar-refractivity contribution < 1.29 is 0 Å². The van der Waals surface area contributed by atoms with E-state index in [-0.39, 0.29) is 0 Å². The van der Waals surface area contributed by atoms with Gasteiger partial charge < -0.3 is 10.2 Å². The second kappa shape index (κ2) is 7.54. The molecule has 1 aliphatic rings. The highest BCUT2D eigenvalue weighted by Gasteiger charge is 2.24. The third-order valence-corrected chi connectivity index (χ3v) is 5.20. The lowest BCUT2D eigenvalue weighted by Crippen LogP contribution is -2.45. The zero-order chi connectivity index (χ0) is 16.1. The van der Waals surface area contributed by atoms with Gasteiger partial charge in [0.2, 0.25) is 0 Å². The first-order valence-electron chi connectivity index (χ1n) is 8.04. The van der Waals surface area contributed by atoms with E-state index in [1.165, 1.54) is 5.01 Å². The van der Waals surface area contributed by atoms with E-state index < -0.39 is 0 Å². The Balaban J connectivity index is 1.51. The van der Waals surface area contributed by atoms with E-state index in [1.807, 2.05) is 7.05 Å². The van der Waals surface area contributed by atoms with Gasteiger partial charge in [-0.05, 0) is 19.3 Å². The van der Waals surface area contributed by atoms with Crippen molar-refractivity contribution in [1.82, 2.24) is 30.4 Å². The summed E-state index contributed by atoms with van der Waals surface area (Å²) >= 11 is 1.72. The van der Waals surface area contributed by atoms with Gasteiger partial charge in [-0.15, -0.1) is 11.3 Å². The smallest absolute Gasteiger partial charge is 0.193 e. The number of aliphatic imine (C=N–C) groups is 1. The summed E-state index contributed by atoms with van der Waals surface area (Å²) in [5, 5.41) is 13.7. The summed E-state index contributed by atoms with van der Waals surface area (Å²) in [4.78, 5) is 15.6. The van der Waals surface area contributed by atoms with E-state index in [4.69, 9.17) is 0 Å². The molecule has 1 aliphatic heterocycles. The van der Waals surface area contributed by atoms with Crippen LogP contribution in [0.25, 0.3) is 0 Å². The summed E-state index contributed by atoms with van der Waals surface area (Å²) in [5.74, 6) is 2.42. The van der Waals surface area contributed by atoms with Crippen molar-refractivity contribution in [3.8, 4) is 0 Å². The van der Waals surface area contributed by atoms with Gasteiger partial charge >= 0.3 is 0 Å². The maximum atomic E-state index is 4.59. The Hall–Kier alpha value is -1.96. The molecule has 0 amide bonds. The average molecular weight is 333 g/mol. The van der Waals surface area contributed by atoms with E-state index in [0.29, 0.717) is 5.92 Å². The molecule has 0 radical (unpaired) electrons. The Bertz CT molecular complexity index is 626. The summed E-state index contributed by atoms with van der Waals surface area (Å²) in [6.45, 7) is 4.81. The molecular weight excluding hydrogens is 310 g/mol. The van der Waals surface area contributed by atoms with Crippen LogP contribution in [0.5, 0.6) is 0 Å². The van der Waals surface area contributed by atoms with Gasteiger partial charge in [-0.3, -0.25) is 10.1 Å². The van der Waals surface area contributed by atoms with Crippen LogP contribution in [0, 0.1) is 0 Å². The van der Waals surface area contributed by atoms with E-state index >= 15 is 0 Å². The van der Waals surface area contributed by atoms with Crippen molar-refractivity contribution in [2.45, 2.75) is 38.6 Å². The first-order valence-corrected chi connectivity index (χ1v) is 8.92.